The molecule has 0 saturated carbocycles. The largest absolute Gasteiger partial charge is 0.460 e. The molecule has 4 aromatic rings. The summed E-state index contributed by atoms with van der Waals surface area (Å²) >= 11 is 0. The molecular formula is C41H17F30NO4. The minimum Gasteiger partial charge on any atom is -0.423 e. The molecule has 0 saturated heterocycles. The van der Waals surface area contributed by atoms with Gasteiger partial charge in [0.2, 0.25) is 0 Å². The second-order valence-electron chi connectivity index (χ2n) is 15.1. The van der Waals surface area contributed by atoms with Crippen LogP contribution in [0.15, 0.2) is 102 Å². The zero-order valence-corrected chi connectivity index (χ0v) is 35.2. The summed E-state index contributed by atoms with van der Waals surface area (Å²) < 4.78 is 417. The highest BCUT2D eigenvalue weighted by molar-refractivity contribution is 5.92. The van der Waals surface area contributed by atoms with Crippen LogP contribution in [-0.2, 0) is 11.8 Å². The summed E-state index contributed by atoms with van der Waals surface area (Å²) in [5.74, 6) is -100. The predicted molar refractivity (Wildman–Crippen MR) is 192 cm³/mol. The molecule has 4 aromatic carbocycles. The average Bonchev–Trinajstić information content (AvgIpc) is 3.30. The highest BCUT2D eigenvalue weighted by Crippen LogP contribution is 2.65. The summed E-state index contributed by atoms with van der Waals surface area (Å²) in [6, 6.07) is 7.28. The molecule has 0 bridgehead atoms. The van der Waals surface area contributed by atoms with Gasteiger partial charge in [0.1, 0.15) is 11.5 Å². The third kappa shape index (κ3) is 9.77. The molecular weight excluding hydrogens is 1140 g/mol. The van der Waals surface area contributed by atoms with Crippen LogP contribution in [0.2, 0.25) is 0 Å². The van der Waals surface area contributed by atoms with E-state index in [2.05, 4.69) is 4.99 Å². The highest BCUT2D eigenvalue weighted by atomic mass is 19.4. The zero-order valence-electron chi connectivity index (χ0n) is 35.2. The van der Waals surface area contributed by atoms with Crippen LogP contribution in [0.1, 0.15) is 37.4 Å². The predicted octanol–water partition coefficient (Wildman–Crippen LogP) is 15.5. The first-order chi connectivity index (χ1) is 33.9. The van der Waals surface area contributed by atoms with Crippen molar-refractivity contribution in [2.24, 2.45) is 4.99 Å². The van der Waals surface area contributed by atoms with Gasteiger partial charge in [-0.25, -0.2) is 9.59 Å². The number of halogens is 30. The SMILES string of the molecule is O=C(Oc1ccc(C=Nc2ccc(OC(=O)c3ccc(C(F)(F)C(F)(F)C(F)(F)C(F)(F)C(F)(F)C(F)(F)C(F)(F)F)cc3)cc2)cc1)c1ccc(C(F)(F)C(F)(F)C(F)(F)C(F)(F)C(F)(F)C(F)(F)C(F)(F)F)cc1. The Kier molecular flexibility index (Phi) is 15.6. The molecule has 0 atom stereocenters. The Labute approximate surface area is 399 Å². The van der Waals surface area contributed by atoms with Gasteiger partial charge >= 0.3 is 95.4 Å². The summed E-state index contributed by atoms with van der Waals surface area (Å²) in [7, 11) is 0. The molecule has 420 valence electrons. The highest BCUT2D eigenvalue weighted by Gasteiger charge is 2.95. The van der Waals surface area contributed by atoms with Crippen molar-refractivity contribution in [3.63, 3.8) is 0 Å². The van der Waals surface area contributed by atoms with E-state index in [0.717, 1.165) is 54.7 Å². The summed E-state index contributed by atoms with van der Waals surface area (Å²) in [6.45, 7) is 0. The van der Waals surface area contributed by atoms with Crippen molar-refractivity contribution in [2.75, 3.05) is 0 Å². The number of carbonyl (C=O) groups excluding carboxylic acids is 2. The van der Waals surface area contributed by atoms with E-state index in [4.69, 9.17) is 9.47 Å². The van der Waals surface area contributed by atoms with E-state index >= 15 is 0 Å². The van der Waals surface area contributed by atoms with Gasteiger partial charge in [0.05, 0.1) is 16.8 Å². The van der Waals surface area contributed by atoms with Gasteiger partial charge < -0.3 is 9.47 Å². The summed E-state index contributed by atoms with van der Waals surface area (Å²) in [6.07, 6.45) is -14.5. The number of benzene rings is 4. The minimum absolute atomic E-state index is 0.00948. The standard InChI is InChI=1S/C41H17F30NO4/c42-28(43,30(46,47)32(50,51)34(54,55)36(58,59)38(62,63)40(66,67)68)21-7-3-19(4-8-21)26(73)75-24-13-1-18(2-14-24)17-72-23-11-15-25(16-12-23)76-27(74)20-5-9-22(10-6-20)29(44,45)31(48,49)33(52,53)35(56,57)37(60,61)39(64,65)41(69,70)71/h1-17H. The maximum Gasteiger partial charge on any atom is 0.460 e. The van der Waals surface area contributed by atoms with E-state index in [0.29, 0.717) is 0 Å². The maximum atomic E-state index is 14.6. The molecule has 76 heavy (non-hydrogen) atoms. The quantitative estimate of drug-likeness (QED) is 0.0431. The summed E-state index contributed by atoms with van der Waals surface area (Å²) in [5, 5.41) is 0. The molecule has 0 aliphatic heterocycles. The molecule has 35 heteroatoms. The molecule has 0 N–H and O–H groups in total. The second-order valence-corrected chi connectivity index (χ2v) is 15.1. The van der Waals surface area contributed by atoms with Crippen LogP contribution in [0.3, 0.4) is 0 Å². The molecule has 0 heterocycles. The Morgan fingerprint density at radius 2 is 0.566 bits per heavy atom. The fourth-order valence-electron chi connectivity index (χ4n) is 5.63. The Hall–Kier alpha value is -6.61. The molecule has 0 aromatic heterocycles. The van der Waals surface area contributed by atoms with Crippen LogP contribution >= 0.6 is 0 Å². The molecule has 4 rings (SSSR count). The molecule has 0 unspecified atom stereocenters. The molecule has 5 nitrogen and oxygen atoms in total. The monoisotopic (exact) mass is 1160 g/mol. The van der Waals surface area contributed by atoms with Gasteiger partial charge in [0, 0.05) is 17.3 Å². The Balaban J connectivity index is 1.40. The lowest BCUT2D eigenvalue weighted by Gasteiger charge is -2.41. The van der Waals surface area contributed by atoms with Gasteiger partial charge in [-0.3, -0.25) is 4.99 Å². The van der Waals surface area contributed by atoms with E-state index in [1.807, 2.05) is 0 Å². The van der Waals surface area contributed by atoms with Crippen molar-refractivity contribution in [3.8, 4) is 11.5 Å². The fourth-order valence-corrected chi connectivity index (χ4v) is 5.63. The van der Waals surface area contributed by atoms with E-state index < -0.39 is 129 Å². The van der Waals surface area contributed by atoms with Gasteiger partial charge in [-0.2, -0.15) is 132 Å². The number of alkyl halides is 30. The van der Waals surface area contributed by atoms with Crippen LogP contribution in [-0.4, -0.2) is 89.7 Å². The van der Waals surface area contributed by atoms with Crippen LogP contribution in [0, 0.1) is 0 Å². The number of hydrogen-bond acceptors (Lipinski definition) is 5. The normalized spacial score (nSPS) is 14.8. The van der Waals surface area contributed by atoms with Crippen molar-refractivity contribution in [1.82, 2.24) is 0 Å². The summed E-state index contributed by atoms with van der Waals surface area (Å²) in [5.41, 5.74) is -6.65. The van der Waals surface area contributed by atoms with E-state index in [9.17, 15) is 141 Å². The van der Waals surface area contributed by atoms with Crippen molar-refractivity contribution < 1.29 is 151 Å². The minimum atomic E-state index is -8.52. The van der Waals surface area contributed by atoms with Crippen LogP contribution in [0.25, 0.3) is 0 Å². The lowest BCUT2D eigenvalue weighted by molar-refractivity contribution is -0.453. The number of hydrogen-bond donors (Lipinski definition) is 0. The molecule has 0 aliphatic carbocycles. The van der Waals surface area contributed by atoms with Crippen molar-refractivity contribution in [3.05, 3.63) is 125 Å². The third-order valence-electron chi connectivity index (χ3n) is 10.1. The van der Waals surface area contributed by atoms with Crippen LogP contribution in [0.5, 0.6) is 11.5 Å². The summed E-state index contributed by atoms with van der Waals surface area (Å²) in [4.78, 5) is 28.9. The van der Waals surface area contributed by atoms with Crippen molar-refractivity contribution in [2.45, 2.75) is 83.4 Å². The number of carbonyl (C=O) groups is 2. The van der Waals surface area contributed by atoms with Crippen LogP contribution in [0.4, 0.5) is 137 Å². The van der Waals surface area contributed by atoms with Gasteiger partial charge in [-0.15, -0.1) is 0 Å². The van der Waals surface area contributed by atoms with Crippen LogP contribution < -0.4 is 9.47 Å². The third-order valence-corrected chi connectivity index (χ3v) is 10.1. The van der Waals surface area contributed by atoms with Gasteiger partial charge in [-0.1, -0.05) is 24.3 Å². The number of aliphatic imine (C=N–C) groups is 1. The van der Waals surface area contributed by atoms with Gasteiger partial charge in [0.15, 0.2) is 0 Å². The topological polar surface area (TPSA) is 65.0 Å². The Morgan fingerprint density at radius 1 is 0.316 bits per heavy atom. The lowest BCUT2D eigenvalue weighted by atomic mass is 9.88. The van der Waals surface area contributed by atoms with Gasteiger partial charge in [0.25, 0.3) is 0 Å². The first-order valence-electron chi connectivity index (χ1n) is 19.0. The van der Waals surface area contributed by atoms with Gasteiger partial charge in [-0.05, 0) is 78.4 Å². The van der Waals surface area contributed by atoms with E-state index in [1.165, 1.54) is 0 Å². The molecule has 0 fully saturated rings. The molecule has 0 amide bonds. The smallest absolute Gasteiger partial charge is 0.423 e. The second kappa shape index (κ2) is 19.1. The van der Waals surface area contributed by atoms with Crippen molar-refractivity contribution in [1.29, 1.82) is 0 Å². The van der Waals surface area contributed by atoms with E-state index in [1.54, 1.807) is 0 Å². The average molecular weight is 1160 g/mol. The molecule has 0 spiro atoms. The number of nitrogens with zero attached hydrogens (tertiary/aromatic N) is 1. The Morgan fingerprint density at radius 3 is 0.842 bits per heavy atom. The zero-order chi connectivity index (χ0) is 58.9. The lowest BCUT2D eigenvalue weighted by Crippen LogP contribution is -2.72. The number of esters is 2. The molecule has 0 aliphatic rings. The first kappa shape index (κ1) is 61.9. The fraction of sp³-hybridized carbons (Fsp3) is 0.341. The van der Waals surface area contributed by atoms with E-state index in [-0.39, 0.29) is 59.8 Å². The molecule has 0 radical (unpaired) electrons. The Bertz CT molecular complexity index is 2580. The van der Waals surface area contributed by atoms with Crippen molar-refractivity contribution >= 4 is 23.8 Å². The first-order valence-corrected chi connectivity index (χ1v) is 19.0. The maximum absolute atomic E-state index is 14.6. The number of ether oxygens (including phenoxy) is 2. The number of rotatable bonds is 18.